The number of aryl methyl sites for hydroxylation is 1. The number of rotatable bonds is 11. The van der Waals surface area contributed by atoms with E-state index >= 15 is 0 Å². The lowest BCUT2D eigenvalue weighted by molar-refractivity contribution is 0.0697. The summed E-state index contributed by atoms with van der Waals surface area (Å²) in [6.07, 6.45) is 4.04. The van der Waals surface area contributed by atoms with Gasteiger partial charge < -0.3 is 14.6 Å². The Balaban J connectivity index is 1.70. The molecule has 4 rings (SSSR count). The summed E-state index contributed by atoms with van der Waals surface area (Å²) in [7, 11) is 0. The van der Waals surface area contributed by atoms with Crippen LogP contribution < -0.4 is 15.0 Å². The zero-order chi connectivity index (χ0) is 28.8. The van der Waals surface area contributed by atoms with Crippen LogP contribution in [0.4, 0.5) is 0 Å². The fraction of sp³-hybridized carbons (Fsp3) is 0.241. The second-order valence-corrected chi connectivity index (χ2v) is 11.3. The van der Waals surface area contributed by atoms with E-state index in [-0.39, 0.29) is 17.7 Å². The molecule has 0 radical (unpaired) electrons. The molecule has 0 unspecified atom stereocenters. The molecule has 0 amide bonds. The molecule has 40 heavy (non-hydrogen) atoms. The van der Waals surface area contributed by atoms with E-state index in [1.807, 2.05) is 19.1 Å². The van der Waals surface area contributed by atoms with Crippen molar-refractivity contribution in [2.75, 3.05) is 6.61 Å². The zero-order valence-electron chi connectivity index (χ0n) is 21.8. The molecule has 8 nitrogen and oxygen atoms in total. The first-order valence-corrected chi connectivity index (χ1v) is 15.0. The Hall–Kier alpha value is -3.02. The van der Waals surface area contributed by atoms with Crippen molar-refractivity contribution < 1.29 is 19.4 Å². The van der Waals surface area contributed by atoms with Gasteiger partial charge in [0.2, 0.25) is 0 Å². The van der Waals surface area contributed by atoms with Crippen LogP contribution in [0.2, 0.25) is 0 Å². The monoisotopic (exact) mass is 733 g/mol. The van der Waals surface area contributed by atoms with E-state index in [0.717, 1.165) is 22.9 Å². The van der Waals surface area contributed by atoms with Crippen LogP contribution >= 0.6 is 47.8 Å². The van der Waals surface area contributed by atoms with Gasteiger partial charge in [-0.1, -0.05) is 41.4 Å². The quantitative estimate of drug-likeness (QED) is 0.159. The normalized spacial score (nSPS) is 11.3. The molecule has 0 fully saturated rings. The molecule has 0 saturated carbocycles. The van der Waals surface area contributed by atoms with Crippen LogP contribution in [-0.2, 0) is 13.0 Å². The molecule has 0 aliphatic heterocycles. The van der Waals surface area contributed by atoms with Crippen molar-refractivity contribution in [3.05, 3.63) is 94.8 Å². The molecule has 0 bridgehead atoms. The van der Waals surface area contributed by atoms with Crippen molar-refractivity contribution in [1.29, 1.82) is 0 Å². The highest BCUT2D eigenvalue weighted by Crippen LogP contribution is 2.43. The number of unbranched alkanes of at least 4 members (excludes halogenated alkanes) is 1. The molecule has 0 aliphatic rings. The molecule has 4 aromatic rings. The molecule has 3 aromatic carbocycles. The minimum atomic E-state index is -0.984. The highest BCUT2D eigenvalue weighted by Gasteiger charge is 2.18. The first-order valence-electron chi connectivity index (χ1n) is 12.6. The summed E-state index contributed by atoms with van der Waals surface area (Å²) in [6.45, 7) is 4.56. The van der Waals surface area contributed by atoms with E-state index in [4.69, 9.17) is 19.6 Å². The van der Waals surface area contributed by atoms with Crippen LogP contribution in [0.15, 0.2) is 71.8 Å². The first kappa shape index (κ1) is 30.0. The largest absolute Gasteiger partial charge is 0.490 e. The van der Waals surface area contributed by atoms with Gasteiger partial charge in [0.1, 0.15) is 12.4 Å². The molecule has 0 atom stereocenters. The van der Waals surface area contributed by atoms with Gasteiger partial charge in [-0.15, -0.1) is 0 Å². The molecule has 1 aromatic heterocycles. The maximum absolute atomic E-state index is 13.4. The van der Waals surface area contributed by atoms with Gasteiger partial charge in [-0.25, -0.2) is 9.78 Å². The SMILES string of the molecule is CCCCc1nc2ccc(Br)cc2c(=O)n1N=Cc1cc(OCC)c(OCc2ccc(C(=O)O)cc2)c(Br)c1Br. The Labute approximate surface area is 256 Å². The number of fused-ring (bicyclic) bond motifs is 1. The van der Waals surface area contributed by atoms with Gasteiger partial charge in [0.15, 0.2) is 11.5 Å². The number of hydrogen-bond acceptors (Lipinski definition) is 6. The summed E-state index contributed by atoms with van der Waals surface area (Å²) in [5.41, 5.74) is 2.05. The number of carboxylic acids is 1. The number of carbonyl (C=O) groups is 1. The predicted octanol–water partition coefficient (Wildman–Crippen LogP) is 7.58. The molecule has 0 spiro atoms. The summed E-state index contributed by atoms with van der Waals surface area (Å²) >= 11 is 10.7. The molecule has 1 N–H and O–H groups in total. The number of benzene rings is 3. The van der Waals surface area contributed by atoms with E-state index in [9.17, 15) is 9.59 Å². The highest BCUT2D eigenvalue weighted by molar-refractivity contribution is 9.13. The van der Waals surface area contributed by atoms with Gasteiger partial charge in [0, 0.05) is 20.9 Å². The number of halogens is 3. The number of ether oxygens (including phenoxy) is 2. The topological polar surface area (TPSA) is 103 Å². The molecular weight excluding hydrogens is 710 g/mol. The summed E-state index contributed by atoms with van der Waals surface area (Å²) in [4.78, 5) is 29.3. The van der Waals surface area contributed by atoms with Crippen molar-refractivity contribution >= 4 is 70.9 Å². The van der Waals surface area contributed by atoms with Gasteiger partial charge in [-0.3, -0.25) is 4.79 Å². The second kappa shape index (κ2) is 13.6. The molecule has 0 saturated heterocycles. The summed E-state index contributed by atoms with van der Waals surface area (Å²) in [5.74, 6) is 0.570. The maximum Gasteiger partial charge on any atom is 0.335 e. The predicted molar refractivity (Wildman–Crippen MR) is 166 cm³/mol. The zero-order valence-corrected chi connectivity index (χ0v) is 26.5. The van der Waals surface area contributed by atoms with E-state index < -0.39 is 5.97 Å². The van der Waals surface area contributed by atoms with Crippen LogP contribution in [0.1, 0.15) is 54.0 Å². The van der Waals surface area contributed by atoms with Crippen molar-refractivity contribution in [3.8, 4) is 11.5 Å². The van der Waals surface area contributed by atoms with Crippen LogP contribution in [-0.4, -0.2) is 33.6 Å². The van der Waals surface area contributed by atoms with Gasteiger partial charge in [0.05, 0.1) is 33.8 Å². The Bertz CT molecular complexity index is 1640. The second-order valence-electron chi connectivity index (χ2n) is 8.80. The lowest BCUT2D eigenvalue weighted by atomic mass is 10.1. The molecule has 208 valence electrons. The van der Waals surface area contributed by atoms with E-state index in [0.29, 0.717) is 55.8 Å². The summed E-state index contributed by atoms with van der Waals surface area (Å²) in [5, 5.41) is 14.2. The fourth-order valence-electron chi connectivity index (χ4n) is 3.93. The number of nitrogens with zero attached hydrogens (tertiary/aromatic N) is 3. The third kappa shape index (κ3) is 6.82. The molecule has 0 aliphatic carbocycles. The highest BCUT2D eigenvalue weighted by atomic mass is 79.9. The van der Waals surface area contributed by atoms with Crippen LogP contribution in [0.5, 0.6) is 11.5 Å². The molecule has 1 heterocycles. The number of hydrogen-bond donors (Lipinski definition) is 1. The van der Waals surface area contributed by atoms with Crippen LogP contribution in [0, 0.1) is 0 Å². The number of aromatic nitrogens is 2. The van der Waals surface area contributed by atoms with Crippen molar-refractivity contribution in [3.63, 3.8) is 0 Å². The van der Waals surface area contributed by atoms with E-state index in [1.165, 1.54) is 16.8 Å². The van der Waals surface area contributed by atoms with E-state index in [2.05, 4.69) is 59.8 Å². The van der Waals surface area contributed by atoms with E-state index in [1.54, 1.807) is 30.5 Å². The van der Waals surface area contributed by atoms with Crippen molar-refractivity contribution in [2.45, 2.75) is 39.7 Å². The summed E-state index contributed by atoms with van der Waals surface area (Å²) < 4.78 is 15.4. The van der Waals surface area contributed by atoms with Gasteiger partial charge in [-0.2, -0.15) is 9.78 Å². The Morgan fingerprint density at radius 3 is 2.48 bits per heavy atom. The fourth-order valence-corrected chi connectivity index (χ4v) is 5.22. The minimum Gasteiger partial charge on any atom is -0.490 e. The molecule has 11 heteroatoms. The number of aromatic carboxylic acids is 1. The van der Waals surface area contributed by atoms with Crippen molar-refractivity contribution in [2.24, 2.45) is 5.10 Å². The summed E-state index contributed by atoms with van der Waals surface area (Å²) in [6, 6.07) is 13.7. The van der Waals surface area contributed by atoms with Crippen LogP contribution in [0.3, 0.4) is 0 Å². The van der Waals surface area contributed by atoms with Gasteiger partial charge in [-0.05, 0) is 87.2 Å². The van der Waals surface area contributed by atoms with Gasteiger partial charge >= 0.3 is 5.97 Å². The standard InChI is InChI=1S/C29H26Br3N3O5/c1-3-5-6-24-34-22-12-11-20(30)14-21(22)28(36)35(24)33-15-19-13-23(39-4-2)27(26(32)25(19)31)40-16-17-7-9-18(10-8-17)29(37)38/h7-15H,3-6,16H2,1-2H3,(H,37,38). The van der Waals surface area contributed by atoms with Gasteiger partial charge in [0.25, 0.3) is 5.56 Å². The van der Waals surface area contributed by atoms with Crippen molar-refractivity contribution in [1.82, 2.24) is 9.66 Å². The number of carboxylic acid groups (broad SMARTS) is 1. The minimum absolute atomic E-state index is 0.201. The Morgan fingerprint density at radius 1 is 1.05 bits per heavy atom. The lowest BCUT2D eigenvalue weighted by Gasteiger charge is -2.16. The Morgan fingerprint density at radius 2 is 1.80 bits per heavy atom. The first-order chi connectivity index (χ1) is 19.2. The Kier molecular flexibility index (Phi) is 10.2. The average molecular weight is 736 g/mol. The smallest absolute Gasteiger partial charge is 0.335 e. The lowest BCUT2D eigenvalue weighted by Crippen LogP contribution is -2.22. The van der Waals surface area contributed by atoms with Crippen LogP contribution in [0.25, 0.3) is 10.9 Å². The molecular formula is C29H26Br3N3O5. The third-order valence-corrected chi connectivity index (χ3v) is 8.62. The average Bonchev–Trinajstić information content (AvgIpc) is 2.94. The maximum atomic E-state index is 13.4. The third-order valence-electron chi connectivity index (χ3n) is 5.98.